The Morgan fingerprint density at radius 3 is 2.65 bits per heavy atom. The van der Waals surface area contributed by atoms with Gasteiger partial charge < -0.3 is 14.8 Å². The minimum atomic E-state index is -0.494. The van der Waals surface area contributed by atoms with Crippen molar-refractivity contribution in [2.24, 2.45) is 5.92 Å². The number of hydrogen-bond donors (Lipinski definition) is 1. The van der Waals surface area contributed by atoms with E-state index in [0.717, 1.165) is 18.4 Å². The Morgan fingerprint density at radius 1 is 1.39 bits per heavy atom. The molecule has 23 heavy (non-hydrogen) atoms. The van der Waals surface area contributed by atoms with Crippen LogP contribution < -0.4 is 5.32 Å². The van der Waals surface area contributed by atoms with Crippen molar-refractivity contribution >= 4 is 11.8 Å². The number of Topliss-reactive ketones (excluding diaryl/α,β-unsaturated/α-hetero) is 1. The van der Waals surface area contributed by atoms with Gasteiger partial charge in [-0.05, 0) is 39.2 Å². The molecule has 2 amide bonds. The van der Waals surface area contributed by atoms with Gasteiger partial charge in [-0.1, -0.05) is 13.8 Å². The third kappa shape index (κ3) is 3.75. The van der Waals surface area contributed by atoms with E-state index in [2.05, 4.69) is 19.2 Å². The highest BCUT2D eigenvalue weighted by Gasteiger charge is 2.48. The highest BCUT2D eigenvalue weighted by molar-refractivity contribution is 5.78. The number of rotatable bonds is 6. The lowest BCUT2D eigenvalue weighted by molar-refractivity contribution is -0.128. The lowest BCUT2D eigenvalue weighted by Gasteiger charge is -2.35. The normalized spacial score (nSPS) is 34.3. The van der Waals surface area contributed by atoms with Gasteiger partial charge >= 0.3 is 6.03 Å². The first-order valence-electron chi connectivity index (χ1n) is 8.42. The van der Waals surface area contributed by atoms with Gasteiger partial charge in [0.1, 0.15) is 12.7 Å². The molecular weight excluding hydrogens is 296 g/mol. The molecule has 0 spiro atoms. The topological polar surface area (TPSA) is 67.9 Å². The molecule has 2 aliphatic rings. The van der Waals surface area contributed by atoms with Crippen molar-refractivity contribution in [3.8, 4) is 0 Å². The third-order valence-electron chi connectivity index (χ3n) is 4.72. The Labute approximate surface area is 138 Å². The van der Waals surface area contributed by atoms with Crippen molar-refractivity contribution in [3.63, 3.8) is 0 Å². The molecule has 0 aromatic rings. The van der Waals surface area contributed by atoms with Crippen molar-refractivity contribution in [1.29, 1.82) is 0 Å². The Morgan fingerprint density at radius 2 is 2.09 bits per heavy atom. The van der Waals surface area contributed by atoms with Crippen LogP contribution in [0.3, 0.4) is 0 Å². The van der Waals surface area contributed by atoms with E-state index in [1.807, 2.05) is 20.0 Å². The van der Waals surface area contributed by atoms with Crippen molar-refractivity contribution in [1.82, 2.24) is 10.2 Å². The molecule has 0 aromatic heterocycles. The zero-order valence-electron chi connectivity index (χ0n) is 14.7. The molecule has 2 unspecified atom stereocenters. The van der Waals surface area contributed by atoms with Crippen LogP contribution in [0.2, 0.25) is 0 Å². The Kier molecular flexibility index (Phi) is 5.81. The molecule has 0 aromatic carbocycles. The number of nitrogens with zero attached hydrogens (tertiary/aromatic N) is 1. The van der Waals surface area contributed by atoms with Gasteiger partial charge in [0.15, 0.2) is 12.0 Å². The molecule has 6 nitrogen and oxygen atoms in total. The summed E-state index contributed by atoms with van der Waals surface area (Å²) < 4.78 is 12.0. The van der Waals surface area contributed by atoms with Crippen LogP contribution in [0.1, 0.15) is 47.5 Å². The maximum Gasteiger partial charge on any atom is 0.324 e. The fraction of sp³-hybridized carbons (Fsp3) is 0.765. The minimum absolute atomic E-state index is 0.0145. The zero-order chi connectivity index (χ0) is 17.1. The van der Waals surface area contributed by atoms with Gasteiger partial charge in [0, 0.05) is 12.1 Å². The van der Waals surface area contributed by atoms with Gasteiger partial charge in [0.2, 0.25) is 0 Å². The molecule has 0 radical (unpaired) electrons. The molecule has 0 aliphatic carbocycles. The van der Waals surface area contributed by atoms with Crippen LogP contribution in [0.15, 0.2) is 11.8 Å². The number of ether oxygens (including phenoxy) is 2. The van der Waals surface area contributed by atoms with Crippen molar-refractivity contribution in [2.45, 2.75) is 71.9 Å². The highest BCUT2D eigenvalue weighted by Crippen LogP contribution is 2.36. The van der Waals surface area contributed by atoms with E-state index < -0.39 is 6.23 Å². The first kappa shape index (κ1) is 17.9. The lowest BCUT2D eigenvalue weighted by Crippen LogP contribution is -2.53. The van der Waals surface area contributed by atoms with Crippen LogP contribution in [0, 0.1) is 5.92 Å². The fourth-order valence-corrected chi connectivity index (χ4v) is 3.27. The van der Waals surface area contributed by atoms with Crippen LogP contribution >= 0.6 is 0 Å². The first-order chi connectivity index (χ1) is 10.9. The molecule has 2 rings (SSSR count). The van der Waals surface area contributed by atoms with E-state index in [-0.39, 0.29) is 42.6 Å². The predicted molar refractivity (Wildman–Crippen MR) is 86.7 cm³/mol. The molecule has 2 heterocycles. The Hall–Kier alpha value is -1.40. The standard InChI is InChI=1S/C17H28N2O4/c1-6-13-14(7-2)23-16(15(13)22-9-11(4)20)19-8-10(3)12(5)18-17(19)21/h8,12-16H,6-7,9H2,1-5H3,(H,18,21)/t12?,13?,14-,15+,16-/m1/s1. The first-order valence-corrected chi connectivity index (χ1v) is 8.42. The van der Waals surface area contributed by atoms with E-state index in [9.17, 15) is 9.59 Å². The lowest BCUT2D eigenvalue weighted by atomic mass is 9.93. The average molecular weight is 324 g/mol. The quantitative estimate of drug-likeness (QED) is 0.815. The van der Waals surface area contributed by atoms with Crippen LogP contribution in [0.5, 0.6) is 0 Å². The second-order valence-corrected chi connectivity index (χ2v) is 6.47. The minimum Gasteiger partial charge on any atom is -0.365 e. The van der Waals surface area contributed by atoms with E-state index in [4.69, 9.17) is 9.47 Å². The number of carbonyl (C=O) groups excluding carboxylic acids is 2. The smallest absolute Gasteiger partial charge is 0.324 e. The number of hydrogen-bond acceptors (Lipinski definition) is 4. The second kappa shape index (κ2) is 7.45. The Bertz CT molecular complexity index is 491. The molecule has 1 saturated heterocycles. The molecule has 1 N–H and O–H groups in total. The van der Waals surface area contributed by atoms with Gasteiger partial charge in [-0.25, -0.2) is 4.79 Å². The number of nitrogens with one attached hydrogen (secondary N) is 1. The summed E-state index contributed by atoms with van der Waals surface area (Å²) in [7, 11) is 0. The summed E-state index contributed by atoms with van der Waals surface area (Å²) in [5.74, 6) is 0.146. The number of carbonyl (C=O) groups is 2. The van der Waals surface area contributed by atoms with Crippen molar-refractivity contribution in [2.75, 3.05) is 6.61 Å². The fourth-order valence-electron chi connectivity index (χ4n) is 3.27. The van der Waals surface area contributed by atoms with Crippen LogP contribution in [0.25, 0.3) is 0 Å². The molecular formula is C17H28N2O4. The molecule has 0 bridgehead atoms. The van der Waals surface area contributed by atoms with Gasteiger partial charge in [0.25, 0.3) is 0 Å². The van der Waals surface area contributed by atoms with Gasteiger partial charge in [0.05, 0.1) is 12.1 Å². The van der Waals surface area contributed by atoms with Gasteiger partial charge in [-0.2, -0.15) is 0 Å². The van der Waals surface area contributed by atoms with E-state index in [1.165, 1.54) is 6.92 Å². The zero-order valence-corrected chi connectivity index (χ0v) is 14.7. The number of amides is 2. The highest BCUT2D eigenvalue weighted by atomic mass is 16.6. The monoisotopic (exact) mass is 324 g/mol. The maximum atomic E-state index is 12.4. The van der Waals surface area contributed by atoms with Crippen molar-refractivity contribution < 1.29 is 19.1 Å². The number of ketones is 1. The summed E-state index contributed by atoms with van der Waals surface area (Å²) >= 11 is 0. The Balaban J connectivity index is 2.26. The van der Waals surface area contributed by atoms with Crippen LogP contribution in [-0.2, 0) is 14.3 Å². The maximum absolute atomic E-state index is 12.4. The van der Waals surface area contributed by atoms with Crippen LogP contribution in [0.4, 0.5) is 4.79 Å². The van der Waals surface area contributed by atoms with Crippen LogP contribution in [-0.4, -0.2) is 47.8 Å². The summed E-state index contributed by atoms with van der Waals surface area (Å²) in [4.78, 5) is 25.3. The summed E-state index contributed by atoms with van der Waals surface area (Å²) in [6.07, 6.45) is 2.81. The predicted octanol–water partition coefficient (Wildman–Crippen LogP) is 2.44. The molecule has 2 aliphatic heterocycles. The van der Waals surface area contributed by atoms with Gasteiger partial charge in [-0.15, -0.1) is 0 Å². The number of urea groups is 1. The average Bonchev–Trinajstić information content (AvgIpc) is 2.86. The SMILES string of the molecule is CCC1[C@@H](CC)O[C@@H](N2C=C(C)C(C)NC2=O)[C@H]1OCC(C)=O. The summed E-state index contributed by atoms with van der Waals surface area (Å²) in [6, 6.07) is -0.170. The second-order valence-electron chi connectivity index (χ2n) is 6.47. The van der Waals surface area contributed by atoms with E-state index in [0.29, 0.717) is 0 Å². The molecule has 6 heteroatoms. The molecule has 0 saturated carbocycles. The molecule has 5 atom stereocenters. The third-order valence-corrected chi connectivity index (χ3v) is 4.72. The summed E-state index contributed by atoms with van der Waals surface area (Å²) in [5, 5.41) is 2.92. The van der Waals surface area contributed by atoms with E-state index in [1.54, 1.807) is 4.90 Å². The molecule has 1 fully saturated rings. The molecule has 130 valence electrons. The summed E-state index contributed by atoms with van der Waals surface area (Å²) in [6.45, 7) is 9.63. The summed E-state index contributed by atoms with van der Waals surface area (Å²) in [5.41, 5.74) is 1.06. The largest absolute Gasteiger partial charge is 0.365 e. The van der Waals surface area contributed by atoms with Gasteiger partial charge in [-0.3, -0.25) is 9.69 Å². The van der Waals surface area contributed by atoms with Crippen molar-refractivity contribution in [3.05, 3.63) is 11.8 Å². The van der Waals surface area contributed by atoms with E-state index >= 15 is 0 Å².